The van der Waals surface area contributed by atoms with Crippen LogP contribution in [-0.2, 0) is 0 Å². The number of allylic oxidation sites excluding steroid dienone is 1. The van der Waals surface area contributed by atoms with E-state index in [2.05, 4.69) is 19.9 Å². The van der Waals surface area contributed by atoms with E-state index in [9.17, 15) is 15.3 Å². The summed E-state index contributed by atoms with van der Waals surface area (Å²) in [6.45, 7) is 4.51. The Morgan fingerprint density at radius 1 is 1.09 bits per heavy atom. The molecule has 0 saturated heterocycles. The van der Waals surface area contributed by atoms with Crippen LogP contribution < -0.4 is 0 Å². The van der Waals surface area contributed by atoms with E-state index in [-0.39, 0.29) is 29.1 Å². The first-order valence-corrected chi connectivity index (χ1v) is 9.10. The second-order valence-corrected chi connectivity index (χ2v) is 8.95. The Balaban J connectivity index is 1.73. The van der Waals surface area contributed by atoms with Crippen molar-refractivity contribution < 1.29 is 15.3 Å². The molecule has 124 valence electrons. The van der Waals surface area contributed by atoms with Gasteiger partial charge in [0.1, 0.15) is 0 Å². The van der Waals surface area contributed by atoms with Gasteiger partial charge in [-0.2, -0.15) is 0 Å². The van der Waals surface area contributed by atoms with Crippen LogP contribution in [-0.4, -0.2) is 33.6 Å². The maximum absolute atomic E-state index is 11.0. The highest BCUT2D eigenvalue weighted by Gasteiger charge is 2.61. The standard InChI is InChI=1S/C19H30O3/c1-18-8-7-12(20)9-11(18)3-4-13-14-5-6-16(22)19(14,2)10-15(21)17(13)18/h3,12-17,20-22H,4-10H2,1-2H3/t12?,13-,14-,15?,16?,17-,18-,19-/m0/s1. The lowest BCUT2D eigenvalue weighted by atomic mass is 9.47. The SMILES string of the molecule is C[C@]12CCC(O)CC1=CC[C@@H]1[C@H]2C(O)C[C@]2(C)C(O)CC[C@@H]12. The predicted molar refractivity (Wildman–Crippen MR) is 85.1 cm³/mol. The van der Waals surface area contributed by atoms with Crippen molar-refractivity contribution in [2.24, 2.45) is 28.6 Å². The summed E-state index contributed by atoms with van der Waals surface area (Å²) >= 11 is 0. The molecule has 22 heavy (non-hydrogen) atoms. The maximum atomic E-state index is 11.0. The number of rotatable bonds is 0. The molecule has 0 amide bonds. The van der Waals surface area contributed by atoms with Crippen LogP contribution in [0.5, 0.6) is 0 Å². The second-order valence-electron chi connectivity index (χ2n) is 8.95. The van der Waals surface area contributed by atoms with Crippen molar-refractivity contribution in [3.05, 3.63) is 11.6 Å². The predicted octanol–water partition coefficient (Wildman–Crippen LogP) is 2.64. The fraction of sp³-hybridized carbons (Fsp3) is 0.895. The number of hydrogen-bond donors (Lipinski definition) is 3. The van der Waals surface area contributed by atoms with Gasteiger partial charge in [-0.3, -0.25) is 0 Å². The second kappa shape index (κ2) is 4.81. The van der Waals surface area contributed by atoms with Crippen molar-refractivity contribution in [3.63, 3.8) is 0 Å². The van der Waals surface area contributed by atoms with Crippen LogP contribution in [0.25, 0.3) is 0 Å². The molecule has 8 atom stereocenters. The Kier molecular flexibility index (Phi) is 3.32. The van der Waals surface area contributed by atoms with E-state index >= 15 is 0 Å². The van der Waals surface area contributed by atoms with Crippen molar-refractivity contribution in [1.82, 2.24) is 0 Å². The van der Waals surface area contributed by atoms with Crippen molar-refractivity contribution in [2.45, 2.75) is 77.1 Å². The Bertz CT molecular complexity index is 501. The van der Waals surface area contributed by atoms with Gasteiger partial charge < -0.3 is 15.3 Å². The third-order valence-electron chi connectivity index (χ3n) is 7.96. The van der Waals surface area contributed by atoms with Gasteiger partial charge in [0.15, 0.2) is 0 Å². The number of fused-ring (bicyclic) bond motifs is 5. The molecule has 0 bridgehead atoms. The molecule has 0 aromatic heterocycles. The first-order valence-electron chi connectivity index (χ1n) is 9.10. The fourth-order valence-corrected chi connectivity index (χ4v) is 6.75. The molecule has 3 heteroatoms. The van der Waals surface area contributed by atoms with Crippen molar-refractivity contribution in [3.8, 4) is 0 Å². The molecule has 0 heterocycles. The molecule has 0 aliphatic heterocycles. The van der Waals surface area contributed by atoms with Crippen LogP contribution in [0.3, 0.4) is 0 Å². The van der Waals surface area contributed by atoms with E-state index in [0.29, 0.717) is 17.8 Å². The van der Waals surface area contributed by atoms with Gasteiger partial charge in [-0.25, -0.2) is 0 Å². The number of hydrogen-bond acceptors (Lipinski definition) is 3. The minimum absolute atomic E-state index is 0.0520. The molecular weight excluding hydrogens is 276 g/mol. The minimum Gasteiger partial charge on any atom is -0.393 e. The summed E-state index contributed by atoms with van der Waals surface area (Å²) < 4.78 is 0. The first-order chi connectivity index (χ1) is 10.4. The topological polar surface area (TPSA) is 60.7 Å². The zero-order chi connectivity index (χ0) is 15.7. The molecule has 0 aromatic carbocycles. The van der Waals surface area contributed by atoms with Crippen molar-refractivity contribution >= 4 is 0 Å². The molecule has 3 saturated carbocycles. The third kappa shape index (κ3) is 1.85. The van der Waals surface area contributed by atoms with Crippen LogP contribution in [0.1, 0.15) is 58.8 Å². The average molecular weight is 306 g/mol. The van der Waals surface area contributed by atoms with Crippen LogP contribution in [0.15, 0.2) is 11.6 Å². The average Bonchev–Trinajstić information content (AvgIpc) is 2.75. The summed E-state index contributed by atoms with van der Waals surface area (Å²) in [6, 6.07) is 0. The van der Waals surface area contributed by atoms with Crippen LogP contribution in [0.2, 0.25) is 0 Å². The Morgan fingerprint density at radius 3 is 2.64 bits per heavy atom. The summed E-state index contributed by atoms with van der Waals surface area (Å²) in [5.74, 6) is 1.34. The highest BCUT2D eigenvalue weighted by Crippen LogP contribution is 2.64. The van der Waals surface area contributed by atoms with Gasteiger partial charge in [0, 0.05) is 0 Å². The monoisotopic (exact) mass is 306 g/mol. The van der Waals surface area contributed by atoms with Gasteiger partial charge in [-0.15, -0.1) is 0 Å². The lowest BCUT2D eigenvalue weighted by molar-refractivity contribution is -0.136. The van der Waals surface area contributed by atoms with Gasteiger partial charge in [0.25, 0.3) is 0 Å². The Morgan fingerprint density at radius 2 is 1.86 bits per heavy atom. The third-order valence-corrected chi connectivity index (χ3v) is 7.96. The Hall–Kier alpha value is -0.380. The van der Waals surface area contributed by atoms with Gasteiger partial charge >= 0.3 is 0 Å². The largest absolute Gasteiger partial charge is 0.393 e. The lowest BCUT2D eigenvalue weighted by Crippen LogP contribution is -2.57. The molecule has 3 N–H and O–H groups in total. The van der Waals surface area contributed by atoms with Crippen LogP contribution in [0.4, 0.5) is 0 Å². The van der Waals surface area contributed by atoms with Crippen LogP contribution in [0, 0.1) is 28.6 Å². The molecular formula is C19H30O3. The summed E-state index contributed by atoms with van der Waals surface area (Å²) in [4.78, 5) is 0. The maximum Gasteiger partial charge on any atom is 0.0597 e. The number of aliphatic hydroxyl groups is 3. The van der Waals surface area contributed by atoms with Gasteiger partial charge in [0.2, 0.25) is 0 Å². The van der Waals surface area contributed by atoms with Gasteiger partial charge in [-0.1, -0.05) is 25.5 Å². The van der Waals surface area contributed by atoms with E-state index in [0.717, 1.165) is 44.9 Å². The summed E-state index contributed by atoms with van der Waals surface area (Å²) in [6.07, 6.45) is 7.99. The van der Waals surface area contributed by atoms with Gasteiger partial charge in [-0.05, 0) is 73.5 Å². The van der Waals surface area contributed by atoms with Crippen LogP contribution >= 0.6 is 0 Å². The fourth-order valence-electron chi connectivity index (χ4n) is 6.75. The molecule has 3 nitrogen and oxygen atoms in total. The van der Waals surface area contributed by atoms with Gasteiger partial charge in [0.05, 0.1) is 18.3 Å². The lowest BCUT2D eigenvalue weighted by Gasteiger charge is -2.59. The van der Waals surface area contributed by atoms with E-state index in [1.807, 2.05) is 0 Å². The quantitative estimate of drug-likeness (QED) is 0.603. The van der Waals surface area contributed by atoms with E-state index in [1.54, 1.807) is 0 Å². The molecule has 0 radical (unpaired) electrons. The number of aliphatic hydroxyl groups excluding tert-OH is 3. The van der Waals surface area contributed by atoms with E-state index in [1.165, 1.54) is 5.57 Å². The summed E-state index contributed by atoms with van der Waals surface area (Å²) in [5, 5.41) is 31.5. The van der Waals surface area contributed by atoms with E-state index < -0.39 is 0 Å². The molecule has 3 unspecified atom stereocenters. The normalized spacial score (nSPS) is 57.6. The first kappa shape index (κ1) is 15.2. The molecule has 4 aliphatic carbocycles. The molecule has 0 spiro atoms. The summed E-state index contributed by atoms with van der Waals surface area (Å²) in [7, 11) is 0. The zero-order valence-electron chi connectivity index (χ0n) is 13.8. The highest BCUT2D eigenvalue weighted by molar-refractivity contribution is 5.26. The molecule has 3 fully saturated rings. The Labute approximate surface area is 133 Å². The van der Waals surface area contributed by atoms with E-state index in [4.69, 9.17) is 0 Å². The minimum atomic E-state index is -0.317. The molecule has 0 aromatic rings. The van der Waals surface area contributed by atoms with Crippen molar-refractivity contribution in [2.75, 3.05) is 0 Å². The molecule has 4 aliphatic rings. The van der Waals surface area contributed by atoms with Crippen molar-refractivity contribution in [1.29, 1.82) is 0 Å². The highest BCUT2D eigenvalue weighted by atomic mass is 16.3. The summed E-state index contributed by atoms with van der Waals surface area (Å²) in [5.41, 5.74) is 1.33. The smallest absolute Gasteiger partial charge is 0.0597 e. The molecule has 4 rings (SSSR count). The zero-order valence-corrected chi connectivity index (χ0v) is 13.8.